The zero-order chi connectivity index (χ0) is 14.5. The van der Waals surface area contributed by atoms with E-state index < -0.39 is 0 Å². The van der Waals surface area contributed by atoms with E-state index in [1.165, 1.54) is 11.8 Å². The largest absolute Gasteiger partial charge is 0.351 e. The Kier molecular flexibility index (Phi) is 4.16. The van der Waals surface area contributed by atoms with Gasteiger partial charge >= 0.3 is 0 Å². The number of thioether (sulfide) groups is 1. The van der Waals surface area contributed by atoms with Crippen molar-refractivity contribution in [1.29, 1.82) is 0 Å². The summed E-state index contributed by atoms with van der Waals surface area (Å²) in [6, 6.07) is 13.6. The molecule has 6 heteroatoms. The van der Waals surface area contributed by atoms with Crippen molar-refractivity contribution in [3.8, 4) is 0 Å². The van der Waals surface area contributed by atoms with Gasteiger partial charge in [-0.2, -0.15) is 0 Å². The highest BCUT2D eigenvalue weighted by atomic mass is 32.2. The van der Waals surface area contributed by atoms with E-state index in [4.69, 9.17) is 0 Å². The fraction of sp³-hybridized carbons (Fsp3) is 0.133. The van der Waals surface area contributed by atoms with Crippen molar-refractivity contribution in [2.75, 3.05) is 5.75 Å². The van der Waals surface area contributed by atoms with Crippen LogP contribution in [-0.2, 0) is 11.3 Å². The van der Waals surface area contributed by atoms with Gasteiger partial charge < -0.3 is 10.3 Å². The minimum Gasteiger partial charge on any atom is -0.351 e. The van der Waals surface area contributed by atoms with Crippen molar-refractivity contribution < 1.29 is 4.79 Å². The summed E-state index contributed by atoms with van der Waals surface area (Å²) < 4.78 is 0. The van der Waals surface area contributed by atoms with Crippen molar-refractivity contribution >= 4 is 28.8 Å². The Hall–Kier alpha value is -2.34. The van der Waals surface area contributed by atoms with Gasteiger partial charge in [-0.1, -0.05) is 42.1 Å². The minimum absolute atomic E-state index is 0.0164. The molecule has 0 atom stereocenters. The molecule has 1 amide bonds. The van der Waals surface area contributed by atoms with Gasteiger partial charge in [0.15, 0.2) is 10.8 Å². The summed E-state index contributed by atoms with van der Waals surface area (Å²) in [4.78, 5) is 23.4. The Morgan fingerprint density at radius 2 is 2.05 bits per heavy atom. The molecule has 0 radical (unpaired) electrons. The van der Waals surface area contributed by atoms with E-state index in [-0.39, 0.29) is 5.91 Å². The number of carbonyl (C=O) groups excluding carboxylic acids is 1. The van der Waals surface area contributed by atoms with E-state index in [0.29, 0.717) is 23.1 Å². The molecule has 106 valence electrons. The second-order valence-electron chi connectivity index (χ2n) is 4.47. The van der Waals surface area contributed by atoms with E-state index >= 15 is 0 Å². The number of H-pyrrole nitrogens is 1. The van der Waals surface area contributed by atoms with Crippen molar-refractivity contribution in [3.63, 3.8) is 0 Å². The number of amides is 1. The summed E-state index contributed by atoms with van der Waals surface area (Å²) in [6.45, 7) is 0.544. The van der Waals surface area contributed by atoms with Gasteiger partial charge in [-0.25, -0.2) is 9.97 Å². The molecule has 1 aromatic carbocycles. The highest BCUT2D eigenvalue weighted by Gasteiger charge is 2.07. The lowest BCUT2D eigenvalue weighted by molar-refractivity contribution is -0.118. The SMILES string of the molecule is O=C(CSc1nc2ncccc2[nH]1)NCc1ccccc1. The first kappa shape index (κ1) is 13.6. The van der Waals surface area contributed by atoms with E-state index in [2.05, 4.69) is 20.3 Å². The molecule has 0 aliphatic heterocycles. The third kappa shape index (κ3) is 3.61. The van der Waals surface area contributed by atoms with E-state index in [0.717, 1.165) is 11.1 Å². The number of rotatable bonds is 5. The Bertz CT molecular complexity index is 709. The number of fused-ring (bicyclic) bond motifs is 1. The molecule has 0 saturated carbocycles. The van der Waals surface area contributed by atoms with Crippen LogP contribution in [0.15, 0.2) is 53.8 Å². The molecule has 0 spiro atoms. The van der Waals surface area contributed by atoms with Crippen LogP contribution in [-0.4, -0.2) is 26.6 Å². The van der Waals surface area contributed by atoms with Crippen LogP contribution in [0.5, 0.6) is 0 Å². The second kappa shape index (κ2) is 6.41. The van der Waals surface area contributed by atoms with Gasteiger partial charge in [-0.3, -0.25) is 4.79 Å². The standard InChI is InChI=1S/C15H14N4OS/c20-13(17-9-11-5-2-1-3-6-11)10-21-15-18-12-7-4-8-16-14(12)19-15/h1-8H,9-10H2,(H,17,20)(H,16,18,19). The minimum atomic E-state index is -0.0164. The molecule has 0 fully saturated rings. The molecule has 0 aliphatic carbocycles. The van der Waals surface area contributed by atoms with Gasteiger partial charge in [0.05, 0.1) is 11.3 Å². The molecule has 0 saturated heterocycles. The summed E-state index contributed by atoms with van der Waals surface area (Å²) in [6.07, 6.45) is 1.70. The lowest BCUT2D eigenvalue weighted by Gasteiger charge is -2.04. The van der Waals surface area contributed by atoms with Crippen LogP contribution in [0.4, 0.5) is 0 Å². The second-order valence-corrected chi connectivity index (χ2v) is 5.43. The summed E-state index contributed by atoms with van der Waals surface area (Å²) in [5, 5.41) is 3.59. The molecule has 21 heavy (non-hydrogen) atoms. The lowest BCUT2D eigenvalue weighted by atomic mass is 10.2. The molecule has 0 unspecified atom stereocenters. The van der Waals surface area contributed by atoms with Crippen LogP contribution >= 0.6 is 11.8 Å². The zero-order valence-electron chi connectivity index (χ0n) is 11.2. The van der Waals surface area contributed by atoms with Crippen LogP contribution in [0.3, 0.4) is 0 Å². The van der Waals surface area contributed by atoms with Gasteiger partial charge in [0.25, 0.3) is 0 Å². The Morgan fingerprint density at radius 1 is 1.19 bits per heavy atom. The maximum atomic E-state index is 11.8. The number of carbonyl (C=O) groups is 1. The van der Waals surface area contributed by atoms with Crippen molar-refractivity contribution in [1.82, 2.24) is 20.3 Å². The van der Waals surface area contributed by atoms with Gasteiger partial charge in [0.1, 0.15) is 0 Å². The molecular formula is C15H14N4OS. The fourth-order valence-electron chi connectivity index (χ4n) is 1.87. The highest BCUT2D eigenvalue weighted by molar-refractivity contribution is 7.99. The predicted octanol–water partition coefficient (Wildman–Crippen LogP) is 2.37. The number of nitrogens with zero attached hydrogens (tertiary/aromatic N) is 2. The summed E-state index contributed by atoms with van der Waals surface area (Å²) in [7, 11) is 0. The molecule has 2 heterocycles. The molecule has 3 rings (SSSR count). The molecule has 2 aromatic heterocycles. The van der Waals surface area contributed by atoms with Gasteiger partial charge in [0.2, 0.25) is 5.91 Å². The third-order valence-electron chi connectivity index (χ3n) is 2.91. The Morgan fingerprint density at radius 3 is 2.86 bits per heavy atom. The number of aromatic nitrogens is 3. The van der Waals surface area contributed by atoms with Gasteiger partial charge in [-0.15, -0.1) is 0 Å². The monoisotopic (exact) mass is 298 g/mol. The number of benzene rings is 1. The van der Waals surface area contributed by atoms with Crippen molar-refractivity contribution in [2.24, 2.45) is 0 Å². The highest BCUT2D eigenvalue weighted by Crippen LogP contribution is 2.17. The number of nitrogens with one attached hydrogen (secondary N) is 2. The maximum Gasteiger partial charge on any atom is 0.230 e. The summed E-state index contributed by atoms with van der Waals surface area (Å²) >= 11 is 1.37. The quantitative estimate of drug-likeness (QED) is 0.709. The maximum absolute atomic E-state index is 11.8. The van der Waals surface area contributed by atoms with Crippen LogP contribution in [0.1, 0.15) is 5.56 Å². The number of pyridine rings is 1. The molecule has 3 aromatic rings. The predicted molar refractivity (Wildman–Crippen MR) is 82.9 cm³/mol. The molecule has 5 nitrogen and oxygen atoms in total. The van der Waals surface area contributed by atoms with E-state index in [1.807, 2.05) is 42.5 Å². The Labute approximate surface area is 126 Å². The zero-order valence-corrected chi connectivity index (χ0v) is 12.1. The Balaban J connectivity index is 1.51. The van der Waals surface area contributed by atoms with Crippen molar-refractivity contribution in [3.05, 3.63) is 54.2 Å². The average Bonchev–Trinajstić information content (AvgIpc) is 2.95. The first-order chi connectivity index (χ1) is 10.3. The van der Waals surface area contributed by atoms with Gasteiger partial charge in [0, 0.05) is 12.7 Å². The first-order valence-electron chi connectivity index (χ1n) is 6.55. The number of aromatic amines is 1. The number of hydrogen-bond acceptors (Lipinski definition) is 4. The average molecular weight is 298 g/mol. The lowest BCUT2D eigenvalue weighted by Crippen LogP contribution is -2.24. The molecular weight excluding hydrogens is 284 g/mol. The van der Waals surface area contributed by atoms with Gasteiger partial charge in [-0.05, 0) is 17.7 Å². The van der Waals surface area contributed by atoms with Crippen LogP contribution in [0.25, 0.3) is 11.2 Å². The fourth-order valence-corrected chi connectivity index (χ4v) is 2.58. The number of hydrogen-bond donors (Lipinski definition) is 2. The topological polar surface area (TPSA) is 70.7 Å². The molecule has 2 N–H and O–H groups in total. The van der Waals surface area contributed by atoms with Crippen LogP contribution in [0.2, 0.25) is 0 Å². The molecule has 0 aliphatic rings. The summed E-state index contributed by atoms with van der Waals surface area (Å²) in [5.41, 5.74) is 2.64. The first-order valence-corrected chi connectivity index (χ1v) is 7.54. The third-order valence-corrected chi connectivity index (χ3v) is 3.78. The van der Waals surface area contributed by atoms with E-state index in [1.54, 1.807) is 6.20 Å². The normalized spacial score (nSPS) is 10.7. The number of imidazole rings is 1. The van der Waals surface area contributed by atoms with Crippen molar-refractivity contribution in [2.45, 2.75) is 11.7 Å². The smallest absolute Gasteiger partial charge is 0.230 e. The van der Waals surface area contributed by atoms with E-state index in [9.17, 15) is 4.79 Å². The van der Waals surface area contributed by atoms with Crippen LogP contribution < -0.4 is 5.32 Å². The molecule has 0 bridgehead atoms. The van der Waals surface area contributed by atoms with Crippen LogP contribution in [0, 0.1) is 0 Å². The summed E-state index contributed by atoms with van der Waals surface area (Å²) in [5.74, 6) is 0.310.